The molecular formula is C22H31N5O3. The van der Waals surface area contributed by atoms with Crippen LogP contribution in [0.15, 0.2) is 24.3 Å². The number of amides is 5. The van der Waals surface area contributed by atoms with Gasteiger partial charge in [0.25, 0.3) is 0 Å². The van der Waals surface area contributed by atoms with E-state index in [-0.39, 0.29) is 35.3 Å². The molecule has 0 aliphatic carbocycles. The van der Waals surface area contributed by atoms with E-state index >= 15 is 0 Å². The van der Waals surface area contributed by atoms with Gasteiger partial charge in [0.05, 0.1) is 5.92 Å². The molecule has 1 aromatic carbocycles. The fraction of sp³-hybridized carbons (Fsp3) is 0.591. The van der Waals surface area contributed by atoms with E-state index in [1.807, 2.05) is 36.1 Å². The molecule has 8 heteroatoms. The third-order valence-corrected chi connectivity index (χ3v) is 7.03. The molecule has 8 nitrogen and oxygen atoms in total. The molecule has 0 bridgehead atoms. The minimum atomic E-state index is -0.310. The minimum absolute atomic E-state index is 0.0413. The number of rotatable bonds is 2. The predicted octanol–water partition coefficient (Wildman–Crippen LogP) is 1.40. The zero-order valence-electron chi connectivity index (χ0n) is 18.0. The fourth-order valence-electron chi connectivity index (χ4n) is 5.19. The van der Waals surface area contributed by atoms with Gasteiger partial charge in [0, 0.05) is 58.3 Å². The Morgan fingerprint density at radius 2 is 1.87 bits per heavy atom. The minimum Gasteiger partial charge on any atom is -0.350 e. The number of nitrogens with one attached hydrogen (secondary N) is 2. The number of nitrogens with zero attached hydrogens (tertiary/aromatic N) is 3. The third kappa shape index (κ3) is 3.59. The van der Waals surface area contributed by atoms with Crippen LogP contribution in [0.2, 0.25) is 0 Å². The highest BCUT2D eigenvalue weighted by molar-refractivity contribution is 5.85. The molecule has 30 heavy (non-hydrogen) atoms. The first kappa shape index (κ1) is 20.5. The number of hydrogen-bond acceptors (Lipinski definition) is 3. The highest BCUT2D eigenvalue weighted by Crippen LogP contribution is 2.44. The largest absolute Gasteiger partial charge is 0.350 e. The summed E-state index contributed by atoms with van der Waals surface area (Å²) in [4.78, 5) is 42.8. The van der Waals surface area contributed by atoms with Crippen molar-refractivity contribution in [1.82, 2.24) is 25.3 Å². The van der Waals surface area contributed by atoms with Crippen molar-refractivity contribution in [3.8, 4) is 0 Å². The van der Waals surface area contributed by atoms with Crippen molar-refractivity contribution >= 4 is 18.0 Å². The summed E-state index contributed by atoms with van der Waals surface area (Å²) in [6, 6.07) is 7.92. The van der Waals surface area contributed by atoms with Gasteiger partial charge in [0.15, 0.2) is 0 Å². The Bertz CT molecular complexity index is 847. The number of benzene rings is 1. The Labute approximate surface area is 177 Å². The van der Waals surface area contributed by atoms with E-state index in [1.165, 1.54) is 0 Å². The normalized spacial score (nSPS) is 24.6. The lowest BCUT2D eigenvalue weighted by molar-refractivity contribution is -0.123. The maximum Gasteiger partial charge on any atom is 0.319 e. The first-order chi connectivity index (χ1) is 14.3. The quantitative estimate of drug-likeness (QED) is 0.769. The molecule has 1 aromatic rings. The van der Waals surface area contributed by atoms with Gasteiger partial charge in [-0.15, -0.1) is 0 Å². The molecule has 0 aromatic heterocycles. The summed E-state index contributed by atoms with van der Waals surface area (Å²) >= 11 is 0. The van der Waals surface area contributed by atoms with Crippen molar-refractivity contribution in [2.75, 3.05) is 40.3 Å². The molecule has 3 fully saturated rings. The number of aryl methyl sites for hydroxylation is 1. The van der Waals surface area contributed by atoms with Crippen LogP contribution >= 0.6 is 0 Å². The van der Waals surface area contributed by atoms with Crippen LogP contribution in [0.3, 0.4) is 0 Å². The highest BCUT2D eigenvalue weighted by atomic mass is 16.2. The molecule has 2 N–H and O–H groups in total. The summed E-state index contributed by atoms with van der Waals surface area (Å²) in [6.45, 7) is 4.83. The van der Waals surface area contributed by atoms with Crippen LogP contribution in [0.1, 0.15) is 24.0 Å². The molecule has 0 radical (unpaired) electrons. The second kappa shape index (κ2) is 7.81. The predicted molar refractivity (Wildman–Crippen MR) is 113 cm³/mol. The molecule has 3 saturated heterocycles. The monoisotopic (exact) mass is 413 g/mol. The second-order valence-corrected chi connectivity index (χ2v) is 9.01. The highest BCUT2D eigenvalue weighted by Gasteiger charge is 2.58. The van der Waals surface area contributed by atoms with Crippen LogP contribution in [0.5, 0.6) is 0 Å². The van der Waals surface area contributed by atoms with Crippen molar-refractivity contribution < 1.29 is 14.4 Å². The summed E-state index contributed by atoms with van der Waals surface area (Å²) in [7, 11) is 3.47. The lowest BCUT2D eigenvalue weighted by atomic mass is 9.75. The molecule has 3 heterocycles. The third-order valence-electron chi connectivity index (χ3n) is 7.03. The maximum absolute atomic E-state index is 12.7. The van der Waals surface area contributed by atoms with Gasteiger partial charge in [-0.2, -0.15) is 0 Å². The van der Waals surface area contributed by atoms with Crippen molar-refractivity contribution in [3.05, 3.63) is 35.4 Å². The lowest BCUT2D eigenvalue weighted by Gasteiger charge is -2.42. The number of piperidine rings is 1. The number of hydrogen-bond donors (Lipinski definition) is 2. The van der Waals surface area contributed by atoms with Gasteiger partial charge in [-0.3, -0.25) is 4.79 Å². The molecule has 4 rings (SSSR count). The summed E-state index contributed by atoms with van der Waals surface area (Å²) in [5.74, 6) is 0.0212. The van der Waals surface area contributed by atoms with Crippen LogP contribution in [0, 0.1) is 18.8 Å². The Balaban J connectivity index is 1.35. The van der Waals surface area contributed by atoms with Crippen molar-refractivity contribution in [2.24, 2.45) is 11.8 Å². The van der Waals surface area contributed by atoms with E-state index in [2.05, 4.69) is 10.6 Å². The molecule has 0 saturated carbocycles. The summed E-state index contributed by atoms with van der Waals surface area (Å²) < 4.78 is 0. The first-order valence-corrected chi connectivity index (χ1v) is 10.7. The SMILES string of the molecule is Cc1ccccc1CNC(=O)N1CCC2(CC1)NC(=O)[C@H]1CN(C(=O)N(C)C)C[C@H]12. The topological polar surface area (TPSA) is 85.0 Å². The van der Waals surface area contributed by atoms with Crippen LogP contribution in [0.4, 0.5) is 9.59 Å². The molecule has 5 amide bonds. The van der Waals surface area contributed by atoms with Crippen molar-refractivity contribution in [1.29, 1.82) is 0 Å². The Morgan fingerprint density at radius 3 is 2.53 bits per heavy atom. The average molecular weight is 414 g/mol. The van der Waals surface area contributed by atoms with Gasteiger partial charge in [-0.25, -0.2) is 9.59 Å². The summed E-state index contributed by atoms with van der Waals surface area (Å²) in [6.07, 6.45) is 1.45. The van der Waals surface area contributed by atoms with Gasteiger partial charge in [-0.05, 0) is 30.9 Å². The smallest absolute Gasteiger partial charge is 0.319 e. The molecule has 0 unspecified atom stereocenters. The first-order valence-electron chi connectivity index (χ1n) is 10.7. The van der Waals surface area contributed by atoms with Crippen LogP contribution in [-0.4, -0.2) is 78.5 Å². The Morgan fingerprint density at radius 1 is 1.17 bits per heavy atom. The Kier molecular flexibility index (Phi) is 5.34. The van der Waals surface area contributed by atoms with E-state index in [1.54, 1.807) is 23.9 Å². The van der Waals surface area contributed by atoms with Gasteiger partial charge < -0.3 is 25.3 Å². The molecule has 3 aliphatic rings. The molecular weight excluding hydrogens is 382 g/mol. The summed E-state index contributed by atoms with van der Waals surface area (Å²) in [5.41, 5.74) is 1.96. The van der Waals surface area contributed by atoms with E-state index in [0.29, 0.717) is 32.7 Å². The molecule has 3 aliphatic heterocycles. The zero-order valence-corrected chi connectivity index (χ0v) is 18.0. The van der Waals surface area contributed by atoms with Crippen LogP contribution < -0.4 is 10.6 Å². The number of carbonyl (C=O) groups is 3. The van der Waals surface area contributed by atoms with Gasteiger partial charge in [-0.1, -0.05) is 24.3 Å². The molecule has 1 spiro atoms. The summed E-state index contributed by atoms with van der Waals surface area (Å²) in [5, 5.41) is 6.26. The second-order valence-electron chi connectivity index (χ2n) is 9.01. The maximum atomic E-state index is 12.7. The number of carbonyl (C=O) groups excluding carboxylic acids is 3. The van der Waals surface area contributed by atoms with Crippen LogP contribution in [-0.2, 0) is 11.3 Å². The average Bonchev–Trinajstić information content (AvgIpc) is 3.28. The van der Waals surface area contributed by atoms with E-state index in [9.17, 15) is 14.4 Å². The van der Waals surface area contributed by atoms with Gasteiger partial charge >= 0.3 is 12.1 Å². The van der Waals surface area contributed by atoms with E-state index in [0.717, 1.165) is 24.0 Å². The van der Waals surface area contributed by atoms with Gasteiger partial charge in [0.1, 0.15) is 0 Å². The van der Waals surface area contributed by atoms with Gasteiger partial charge in [0.2, 0.25) is 5.91 Å². The van der Waals surface area contributed by atoms with Crippen molar-refractivity contribution in [2.45, 2.75) is 31.8 Å². The fourth-order valence-corrected chi connectivity index (χ4v) is 5.19. The number of urea groups is 2. The number of fused-ring (bicyclic) bond motifs is 2. The number of likely N-dealkylation sites (tertiary alicyclic amines) is 2. The van der Waals surface area contributed by atoms with Crippen molar-refractivity contribution in [3.63, 3.8) is 0 Å². The lowest BCUT2D eigenvalue weighted by Crippen LogP contribution is -2.57. The Hall–Kier alpha value is -2.77. The molecule has 2 atom stereocenters. The van der Waals surface area contributed by atoms with E-state index < -0.39 is 0 Å². The van der Waals surface area contributed by atoms with E-state index in [4.69, 9.17) is 0 Å². The molecule has 162 valence electrons. The van der Waals surface area contributed by atoms with Crippen LogP contribution in [0.25, 0.3) is 0 Å². The standard InChI is InChI=1S/C22H31N5O3/c1-15-6-4-5-7-16(15)12-23-20(29)26-10-8-22(9-11-26)18-14-27(21(30)25(2)3)13-17(18)19(28)24-22/h4-7,17-18H,8-14H2,1-3H3,(H,23,29)(H,24,28)/t17-,18+/m0/s1. The zero-order chi connectivity index (χ0) is 21.5.